The minimum Gasteiger partial charge on any atom is -0.394 e. The zero-order valence-electron chi connectivity index (χ0n) is 27.4. The van der Waals surface area contributed by atoms with Crippen molar-refractivity contribution in [2.24, 2.45) is 22.2 Å². The first-order valence-electron chi connectivity index (χ1n) is 16.3. The molecule has 3 aliphatic rings. The van der Waals surface area contributed by atoms with Crippen LogP contribution in [0.15, 0.2) is 4.99 Å². The van der Waals surface area contributed by atoms with Gasteiger partial charge in [-0.1, -0.05) is 0 Å². The van der Waals surface area contributed by atoms with Gasteiger partial charge in [-0.3, -0.25) is 9.79 Å². The molecule has 1 aliphatic carbocycles. The van der Waals surface area contributed by atoms with Crippen molar-refractivity contribution < 1.29 is 90.1 Å². The smallest absolute Gasteiger partial charge is 0.249 e. The lowest BCUT2D eigenvalue weighted by Gasteiger charge is -2.49. The summed E-state index contributed by atoms with van der Waals surface area (Å²) in [6.45, 7) is -2.23. The van der Waals surface area contributed by atoms with Gasteiger partial charge in [0.05, 0.1) is 31.8 Å². The molecular weight excluding hydrogens is 694 g/mol. The summed E-state index contributed by atoms with van der Waals surface area (Å²) >= 11 is 0. The highest BCUT2D eigenvalue weighted by atomic mass is 16.7. The molecule has 2 aliphatic heterocycles. The van der Waals surface area contributed by atoms with Gasteiger partial charge in [0.15, 0.2) is 12.6 Å². The van der Waals surface area contributed by atoms with Gasteiger partial charge in [-0.15, -0.1) is 0 Å². The molecule has 23 heteroatoms. The molecule has 0 aromatic rings. The van der Waals surface area contributed by atoms with Crippen molar-refractivity contribution in [3.8, 4) is 0 Å². The topological polar surface area (TPSA) is 419 Å². The number of nitrogens with zero attached hydrogens (tertiary/aromatic N) is 1. The molecule has 0 radical (unpaired) electrons. The molecule has 1 amide bonds. The maximum Gasteiger partial charge on any atom is 0.249 e. The van der Waals surface area contributed by atoms with Crippen LogP contribution < -0.4 is 22.5 Å². The van der Waals surface area contributed by atoms with E-state index in [0.29, 0.717) is 0 Å². The molecule has 2 heterocycles. The number of aliphatic imine (C=N–C) groups is 1. The molecule has 298 valence electrons. The average Bonchev–Trinajstić information content (AvgIpc) is 3.10. The first-order chi connectivity index (χ1) is 24.0. The molecule has 3 fully saturated rings. The number of hydrogen-bond acceptors (Lipinski definition) is 22. The fraction of sp³-hybridized carbons (Fsp3) is 0.929. The molecule has 23 nitrogen and oxygen atoms in total. The predicted octanol–water partition coefficient (Wildman–Crippen LogP) is -10.9. The lowest BCUT2D eigenvalue weighted by atomic mass is 9.83. The Hall–Kier alpha value is -1.66. The molecule has 0 aromatic heterocycles. The zero-order valence-corrected chi connectivity index (χ0v) is 27.4. The zero-order chi connectivity index (χ0) is 38.3. The Morgan fingerprint density at radius 3 is 2.04 bits per heavy atom. The van der Waals surface area contributed by atoms with Gasteiger partial charge in [0.2, 0.25) is 5.91 Å². The quantitative estimate of drug-likeness (QED) is 0.0652. The number of nitrogens with one attached hydrogen (secondary N) is 1. The Morgan fingerprint density at radius 1 is 0.824 bits per heavy atom. The van der Waals surface area contributed by atoms with E-state index in [4.69, 9.17) is 41.3 Å². The maximum atomic E-state index is 12.7. The Kier molecular flexibility index (Phi) is 16.8. The molecule has 0 aromatic carbocycles. The second kappa shape index (κ2) is 19.6. The Bertz CT molecular complexity index is 1100. The van der Waals surface area contributed by atoms with Gasteiger partial charge in [-0.25, -0.2) is 0 Å². The lowest BCUT2D eigenvalue weighted by molar-refractivity contribution is -0.332. The molecular formula is C28H53N5O18. The Balaban J connectivity index is 1.80. The molecule has 3 rings (SSSR count). The van der Waals surface area contributed by atoms with E-state index in [9.17, 15) is 66.1 Å². The van der Waals surface area contributed by atoms with Gasteiger partial charge in [-0.2, -0.15) is 0 Å². The van der Waals surface area contributed by atoms with Crippen LogP contribution in [-0.2, 0) is 23.7 Å². The third-order valence-electron chi connectivity index (χ3n) is 9.10. The molecule has 20 atom stereocenters. The van der Waals surface area contributed by atoms with E-state index in [2.05, 4.69) is 10.3 Å². The van der Waals surface area contributed by atoms with E-state index in [0.717, 1.165) is 6.21 Å². The van der Waals surface area contributed by atoms with Crippen molar-refractivity contribution in [1.29, 1.82) is 0 Å². The van der Waals surface area contributed by atoms with Gasteiger partial charge in [0.25, 0.3) is 0 Å². The number of rotatable bonds is 16. The first kappa shape index (κ1) is 43.7. The number of amides is 1. The fourth-order valence-electron chi connectivity index (χ4n) is 5.92. The van der Waals surface area contributed by atoms with Gasteiger partial charge in [-0.05, 0) is 19.4 Å². The van der Waals surface area contributed by atoms with E-state index in [1.54, 1.807) is 0 Å². The number of nitrogens with two attached hydrogens (primary N) is 3. The Morgan fingerprint density at radius 2 is 1.43 bits per heavy atom. The number of carbonyl (C=O) groups excluding carboxylic acids is 1. The molecule has 20 N–H and O–H groups in total. The minimum atomic E-state index is -1.98. The minimum absolute atomic E-state index is 0.0426. The normalized spacial score (nSPS) is 42.2. The van der Waals surface area contributed by atoms with Gasteiger partial charge in [0, 0.05) is 12.3 Å². The number of carbonyl (C=O) groups is 1. The van der Waals surface area contributed by atoms with Crippen molar-refractivity contribution in [3.05, 3.63) is 0 Å². The fourth-order valence-corrected chi connectivity index (χ4v) is 5.92. The van der Waals surface area contributed by atoms with Crippen LogP contribution in [0.4, 0.5) is 0 Å². The van der Waals surface area contributed by atoms with Crippen LogP contribution in [0.2, 0.25) is 0 Å². The summed E-state index contributed by atoms with van der Waals surface area (Å²) in [5.41, 5.74) is 17.6. The van der Waals surface area contributed by atoms with Gasteiger partial charge < -0.3 is 108 Å². The van der Waals surface area contributed by atoms with Gasteiger partial charge in [0.1, 0.15) is 91.6 Å². The number of hydrogen-bond donors (Lipinski definition) is 17. The van der Waals surface area contributed by atoms with E-state index >= 15 is 0 Å². The monoisotopic (exact) mass is 747 g/mol. The summed E-state index contributed by atoms with van der Waals surface area (Å²) in [4.78, 5) is 16.5. The van der Waals surface area contributed by atoms with E-state index in [1.807, 2.05) is 0 Å². The highest BCUT2D eigenvalue weighted by molar-refractivity contribution is 5.80. The molecule has 51 heavy (non-hydrogen) atoms. The van der Waals surface area contributed by atoms with Crippen LogP contribution in [-0.4, -0.2) is 227 Å². The first-order valence-corrected chi connectivity index (χ1v) is 16.3. The van der Waals surface area contributed by atoms with Crippen molar-refractivity contribution in [2.75, 3.05) is 26.3 Å². The van der Waals surface area contributed by atoms with Crippen LogP contribution in [0.3, 0.4) is 0 Å². The predicted molar refractivity (Wildman–Crippen MR) is 167 cm³/mol. The summed E-state index contributed by atoms with van der Waals surface area (Å²) < 4.78 is 22.7. The van der Waals surface area contributed by atoms with Crippen LogP contribution in [0.1, 0.15) is 12.8 Å². The maximum absolute atomic E-state index is 12.7. The van der Waals surface area contributed by atoms with Crippen LogP contribution in [0.25, 0.3) is 0 Å². The summed E-state index contributed by atoms with van der Waals surface area (Å²) in [7, 11) is 0. The molecule has 0 bridgehead atoms. The molecule has 1 saturated carbocycles. The summed E-state index contributed by atoms with van der Waals surface area (Å²) in [6, 6.07) is -3.76. The van der Waals surface area contributed by atoms with E-state index in [1.165, 1.54) is 0 Å². The van der Waals surface area contributed by atoms with Crippen LogP contribution >= 0.6 is 0 Å². The van der Waals surface area contributed by atoms with Crippen molar-refractivity contribution in [2.45, 2.75) is 135 Å². The largest absolute Gasteiger partial charge is 0.394 e. The molecule has 0 spiro atoms. The van der Waals surface area contributed by atoms with Crippen LogP contribution in [0, 0.1) is 0 Å². The van der Waals surface area contributed by atoms with Crippen LogP contribution in [0.5, 0.6) is 0 Å². The van der Waals surface area contributed by atoms with E-state index in [-0.39, 0.29) is 19.4 Å². The number of ether oxygens (including phenoxy) is 4. The standard InChI is InChI=1S/C28H53N5O18/c29-2-1-10(36)26(47)33-9-3-8(30)24(23(46)25(9)51-27-20(43)15(31)18(41)14(7-35)49-27)50-28-22(45)21(44)19(42)13(48-28)5-32-4-11(37)16(39)17(40)12(38)6-34/h4,8-25,27-28,34-46H,1-3,5-7,29-31H2,(H,33,47)/t8-,9+,10-,11?,12?,13+,14+,15-,16?,17?,18+,19+,20+,21-,22+,23-,24+,25-,27+,28+/m0/s1. The van der Waals surface area contributed by atoms with Gasteiger partial charge >= 0.3 is 0 Å². The SMILES string of the molecule is NCC[C@H](O)C(=O)N[C@@H]1C[C@H](N)[C@@H](O[C@H]2O[C@H](CN=CC(O)C(O)C(O)C(O)CO)[C@@H](O)[C@H](O)[C@H]2O)[C@H](O)[C@H]1O[C@H]1O[C@H](CO)[C@@H](O)[C@H](N)[C@H]1O. The highest BCUT2D eigenvalue weighted by Gasteiger charge is 2.52. The second-order valence-electron chi connectivity index (χ2n) is 12.8. The third-order valence-corrected chi connectivity index (χ3v) is 9.10. The number of aliphatic hydroxyl groups is 13. The average molecular weight is 748 g/mol. The Labute approximate surface area is 291 Å². The lowest BCUT2D eigenvalue weighted by Crippen LogP contribution is -2.69. The molecule has 4 unspecified atom stereocenters. The second-order valence-corrected chi connectivity index (χ2v) is 12.8. The van der Waals surface area contributed by atoms with Crippen molar-refractivity contribution >= 4 is 12.1 Å². The number of aliphatic hydroxyl groups excluding tert-OH is 13. The van der Waals surface area contributed by atoms with Crippen molar-refractivity contribution in [3.63, 3.8) is 0 Å². The summed E-state index contributed by atoms with van der Waals surface area (Å²) in [6.07, 6.45) is -28.9. The van der Waals surface area contributed by atoms with E-state index < -0.39 is 148 Å². The summed E-state index contributed by atoms with van der Waals surface area (Å²) in [5.74, 6) is -0.911. The third kappa shape index (κ3) is 10.5. The summed E-state index contributed by atoms with van der Waals surface area (Å²) in [5, 5.41) is 135. The van der Waals surface area contributed by atoms with Crippen molar-refractivity contribution in [1.82, 2.24) is 5.32 Å². The highest BCUT2D eigenvalue weighted by Crippen LogP contribution is 2.32. The molecule has 2 saturated heterocycles.